The van der Waals surface area contributed by atoms with E-state index in [-0.39, 0.29) is 11.2 Å². The SMILES string of the molecule is CC(C)(c1cccc2c1CC1(CCN(c3cnc(Sc4ccnc(N)c4Cl)c(N)n3)CC1)C2)S(N)=O. The second-order valence-corrected chi connectivity index (χ2v) is 13.1. The van der Waals surface area contributed by atoms with Crippen LogP contribution in [0.2, 0.25) is 5.02 Å². The average molecular weight is 544 g/mol. The molecule has 2 aromatic heterocycles. The topological polar surface area (TPSA) is 137 Å². The van der Waals surface area contributed by atoms with E-state index in [0.717, 1.165) is 55.0 Å². The number of anilines is 3. The molecule has 1 aliphatic carbocycles. The third-order valence-electron chi connectivity index (χ3n) is 7.53. The molecule has 1 atom stereocenters. The minimum absolute atomic E-state index is 0.202. The van der Waals surface area contributed by atoms with Crippen molar-refractivity contribution in [1.82, 2.24) is 15.0 Å². The molecule has 1 fully saturated rings. The minimum atomic E-state index is -1.44. The highest BCUT2D eigenvalue weighted by Crippen LogP contribution is 2.48. The van der Waals surface area contributed by atoms with E-state index < -0.39 is 15.7 Å². The fourth-order valence-corrected chi connectivity index (χ4v) is 6.75. The zero-order valence-electron chi connectivity index (χ0n) is 20.3. The van der Waals surface area contributed by atoms with Gasteiger partial charge in [0.05, 0.1) is 27.0 Å². The molecule has 3 aromatic rings. The monoisotopic (exact) mass is 543 g/mol. The molecule has 8 nitrogen and oxygen atoms in total. The lowest BCUT2D eigenvalue weighted by Crippen LogP contribution is -2.41. The number of pyridine rings is 1. The number of piperidine rings is 1. The van der Waals surface area contributed by atoms with Crippen LogP contribution in [0.15, 0.2) is 46.6 Å². The van der Waals surface area contributed by atoms with E-state index in [9.17, 15) is 4.21 Å². The Balaban J connectivity index is 1.29. The van der Waals surface area contributed by atoms with Crippen LogP contribution in [0.4, 0.5) is 17.5 Å². The van der Waals surface area contributed by atoms with E-state index in [0.29, 0.717) is 15.9 Å². The van der Waals surface area contributed by atoms with Crippen LogP contribution >= 0.6 is 23.4 Å². The van der Waals surface area contributed by atoms with Crippen LogP contribution in [-0.2, 0) is 28.6 Å². The second-order valence-electron chi connectivity index (χ2n) is 10.1. The van der Waals surface area contributed by atoms with Crippen molar-refractivity contribution in [1.29, 1.82) is 0 Å². The highest BCUT2D eigenvalue weighted by Gasteiger charge is 2.43. The van der Waals surface area contributed by atoms with Crippen molar-refractivity contribution in [3.05, 3.63) is 58.4 Å². The number of hydrogen-bond donors (Lipinski definition) is 3. The van der Waals surface area contributed by atoms with Crippen LogP contribution in [-0.4, -0.2) is 32.3 Å². The van der Waals surface area contributed by atoms with Crippen molar-refractivity contribution in [2.75, 3.05) is 29.5 Å². The molecule has 190 valence electrons. The first-order valence-corrected chi connectivity index (χ1v) is 14.2. The molecule has 1 aromatic carbocycles. The van der Waals surface area contributed by atoms with Gasteiger partial charge in [-0.25, -0.2) is 19.2 Å². The van der Waals surface area contributed by atoms with Gasteiger partial charge in [0.15, 0.2) is 5.82 Å². The molecule has 11 heteroatoms. The van der Waals surface area contributed by atoms with Crippen molar-refractivity contribution >= 4 is 51.8 Å². The predicted molar refractivity (Wildman–Crippen MR) is 147 cm³/mol. The smallest absolute Gasteiger partial charge is 0.158 e. The summed E-state index contributed by atoms with van der Waals surface area (Å²) in [5, 5.41) is 6.82. The van der Waals surface area contributed by atoms with Gasteiger partial charge in [0.2, 0.25) is 0 Å². The molecule has 1 spiro atoms. The number of hydrogen-bond acceptors (Lipinski definition) is 8. The Morgan fingerprint density at radius 3 is 2.56 bits per heavy atom. The number of nitrogens with two attached hydrogens (primary N) is 3. The molecular weight excluding hydrogens is 514 g/mol. The summed E-state index contributed by atoms with van der Waals surface area (Å²) < 4.78 is 11.7. The van der Waals surface area contributed by atoms with Crippen molar-refractivity contribution in [3.8, 4) is 0 Å². The Morgan fingerprint density at radius 2 is 1.86 bits per heavy atom. The highest BCUT2D eigenvalue weighted by molar-refractivity contribution is 7.99. The molecule has 0 radical (unpaired) electrons. The Morgan fingerprint density at radius 1 is 1.11 bits per heavy atom. The molecule has 5 rings (SSSR count). The van der Waals surface area contributed by atoms with Gasteiger partial charge in [-0.2, -0.15) is 0 Å². The maximum absolute atomic E-state index is 12.3. The van der Waals surface area contributed by atoms with E-state index in [1.807, 2.05) is 13.8 Å². The van der Waals surface area contributed by atoms with Gasteiger partial charge in [-0.05, 0) is 67.7 Å². The molecule has 1 saturated heterocycles. The summed E-state index contributed by atoms with van der Waals surface area (Å²) in [5.41, 5.74) is 16.1. The van der Waals surface area contributed by atoms with Crippen molar-refractivity contribution < 1.29 is 4.21 Å². The van der Waals surface area contributed by atoms with Gasteiger partial charge in [-0.15, -0.1) is 0 Å². The number of fused-ring (bicyclic) bond motifs is 1. The lowest BCUT2D eigenvalue weighted by Gasteiger charge is -2.40. The van der Waals surface area contributed by atoms with Crippen LogP contribution < -0.4 is 21.5 Å². The molecule has 0 amide bonds. The summed E-state index contributed by atoms with van der Waals surface area (Å²) in [7, 11) is -1.44. The number of benzene rings is 1. The zero-order chi connectivity index (χ0) is 25.7. The normalized spacial score (nSPS) is 17.8. The highest BCUT2D eigenvalue weighted by atomic mass is 35.5. The summed E-state index contributed by atoms with van der Waals surface area (Å²) in [6.45, 7) is 5.69. The first-order chi connectivity index (χ1) is 17.1. The largest absolute Gasteiger partial charge is 0.382 e. The average Bonchev–Trinajstić information content (AvgIpc) is 3.21. The molecule has 3 heterocycles. The lowest BCUT2D eigenvalue weighted by molar-refractivity contribution is 0.232. The Labute approximate surface area is 223 Å². The van der Waals surface area contributed by atoms with Gasteiger partial charge < -0.3 is 16.4 Å². The van der Waals surface area contributed by atoms with Gasteiger partial charge in [0, 0.05) is 24.2 Å². The van der Waals surface area contributed by atoms with Gasteiger partial charge >= 0.3 is 0 Å². The summed E-state index contributed by atoms with van der Waals surface area (Å²) in [4.78, 5) is 16.2. The quantitative estimate of drug-likeness (QED) is 0.437. The Hall–Kier alpha value is -2.40. The van der Waals surface area contributed by atoms with E-state index in [2.05, 4.69) is 38.1 Å². The van der Waals surface area contributed by atoms with Crippen molar-refractivity contribution in [2.45, 2.75) is 54.2 Å². The predicted octanol–water partition coefficient (Wildman–Crippen LogP) is 4.08. The summed E-state index contributed by atoms with van der Waals surface area (Å²) >= 11 is 7.59. The number of nitrogens with zero attached hydrogens (tertiary/aromatic N) is 4. The summed E-state index contributed by atoms with van der Waals surface area (Å²) in [6, 6.07) is 8.14. The fourth-order valence-electron chi connectivity index (χ4n) is 5.32. The number of rotatable bonds is 5. The first-order valence-electron chi connectivity index (χ1n) is 11.8. The van der Waals surface area contributed by atoms with E-state index in [4.69, 9.17) is 28.2 Å². The van der Waals surface area contributed by atoms with Crippen LogP contribution in [0.5, 0.6) is 0 Å². The molecule has 0 saturated carbocycles. The lowest BCUT2D eigenvalue weighted by atomic mass is 9.75. The van der Waals surface area contributed by atoms with Gasteiger partial charge in [0.1, 0.15) is 16.7 Å². The molecule has 1 unspecified atom stereocenters. The Kier molecular flexibility index (Phi) is 6.65. The van der Waals surface area contributed by atoms with Crippen LogP contribution in [0, 0.1) is 5.41 Å². The molecule has 1 aliphatic heterocycles. The van der Waals surface area contributed by atoms with E-state index >= 15 is 0 Å². The van der Waals surface area contributed by atoms with E-state index in [1.165, 1.54) is 22.9 Å². The second kappa shape index (κ2) is 9.48. The number of nitrogen functional groups attached to an aromatic ring is 2. The summed E-state index contributed by atoms with van der Waals surface area (Å²) in [5.74, 6) is 1.41. The number of halogens is 1. The fraction of sp³-hybridized carbons (Fsp3) is 0.400. The first kappa shape index (κ1) is 25.3. The van der Waals surface area contributed by atoms with Gasteiger partial charge in [-0.3, -0.25) is 5.14 Å². The van der Waals surface area contributed by atoms with Crippen molar-refractivity contribution in [3.63, 3.8) is 0 Å². The maximum Gasteiger partial charge on any atom is 0.158 e. The molecular formula is C25H30ClN7OS2. The molecule has 6 N–H and O–H groups in total. The van der Waals surface area contributed by atoms with Crippen LogP contribution in [0.1, 0.15) is 43.4 Å². The van der Waals surface area contributed by atoms with Gasteiger partial charge in [-0.1, -0.05) is 41.6 Å². The summed E-state index contributed by atoms with van der Waals surface area (Å²) in [6.07, 6.45) is 7.48. The minimum Gasteiger partial charge on any atom is -0.382 e. The van der Waals surface area contributed by atoms with Crippen molar-refractivity contribution in [2.24, 2.45) is 10.6 Å². The molecule has 0 bridgehead atoms. The van der Waals surface area contributed by atoms with Crippen LogP contribution in [0.3, 0.4) is 0 Å². The molecule has 36 heavy (non-hydrogen) atoms. The zero-order valence-corrected chi connectivity index (χ0v) is 22.7. The third kappa shape index (κ3) is 4.55. The molecule has 2 aliphatic rings. The standard InChI is InChI=1S/C25H30ClN7OS2/c1-24(2,36(29)34)17-5-3-4-15-12-25(13-16(15)17)7-10-33(11-8-25)19-14-31-23(22(28)32-19)35-18-6-9-30-21(27)20(18)26/h3-6,9,14H,7-8,10-13,29H2,1-2H3,(H2,27,30)(H2,28,32). The number of aromatic nitrogens is 3. The maximum atomic E-state index is 12.3. The Bertz CT molecular complexity index is 1340. The third-order valence-corrected chi connectivity index (χ3v) is 10.3. The van der Waals surface area contributed by atoms with E-state index in [1.54, 1.807) is 18.5 Å². The van der Waals surface area contributed by atoms with Crippen LogP contribution in [0.25, 0.3) is 0 Å². The van der Waals surface area contributed by atoms with Gasteiger partial charge in [0.25, 0.3) is 0 Å².